The van der Waals surface area contributed by atoms with Crippen LogP contribution in [-0.4, -0.2) is 72.7 Å². The number of benzene rings is 2. The van der Waals surface area contributed by atoms with Crippen molar-refractivity contribution in [2.24, 2.45) is 0 Å². The lowest BCUT2D eigenvalue weighted by Crippen LogP contribution is -2.53. The molecule has 0 saturated carbocycles. The number of para-hydroxylation sites is 1. The fraction of sp³-hybridized carbons (Fsp3) is 0.304. The molecular formula is C23H24N4O6S. The highest BCUT2D eigenvalue weighted by Gasteiger charge is 2.36. The van der Waals surface area contributed by atoms with Crippen LogP contribution in [0.5, 0.6) is 5.75 Å². The Morgan fingerprint density at radius 2 is 1.79 bits per heavy atom. The summed E-state index contributed by atoms with van der Waals surface area (Å²) in [6.45, 7) is 2.18. The van der Waals surface area contributed by atoms with Crippen LogP contribution in [-0.2, 0) is 19.4 Å². The van der Waals surface area contributed by atoms with Crippen LogP contribution in [0.2, 0.25) is 0 Å². The average Bonchev–Trinajstić information content (AvgIpc) is 3.32. The Hall–Kier alpha value is -3.73. The molecular weight excluding hydrogens is 460 g/mol. The molecule has 4 rings (SSSR count). The Bertz CT molecular complexity index is 1270. The largest absolute Gasteiger partial charge is 0.484 e. The number of carbonyl (C=O) groups excluding carboxylic acids is 2. The Labute approximate surface area is 197 Å². The van der Waals surface area contributed by atoms with Gasteiger partial charge < -0.3 is 19.1 Å². The van der Waals surface area contributed by atoms with Crippen LogP contribution in [0.1, 0.15) is 18.9 Å². The van der Waals surface area contributed by atoms with Crippen molar-refractivity contribution in [1.82, 2.24) is 19.9 Å². The monoisotopic (exact) mass is 484 g/mol. The van der Waals surface area contributed by atoms with Gasteiger partial charge in [-0.15, -0.1) is 0 Å². The Kier molecular flexibility index (Phi) is 6.64. The smallest absolute Gasteiger partial charge is 0.261 e. The number of rotatable bonds is 6. The van der Waals surface area contributed by atoms with E-state index in [1.54, 1.807) is 34.1 Å². The number of ether oxygens (including phenoxy) is 1. The predicted molar refractivity (Wildman–Crippen MR) is 121 cm³/mol. The second kappa shape index (κ2) is 9.64. The summed E-state index contributed by atoms with van der Waals surface area (Å²) in [7, 11) is -3.33. The van der Waals surface area contributed by atoms with Gasteiger partial charge in [-0.25, -0.2) is 8.42 Å². The van der Waals surface area contributed by atoms with Gasteiger partial charge in [0, 0.05) is 31.8 Å². The van der Waals surface area contributed by atoms with Crippen LogP contribution in [0.25, 0.3) is 11.4 Å². The molecule has 1 aliphatic heterocycles. The molecule has 11 heteroatoms. The van der Waals surface area contributed by atoms with Gasteiger partial charge >= 0.3 is 0 Å². The van der Waals surface area contributed by atoms with Crippen molar-refractivity contribution in [3.63, 3.8) is 0 Å². The summed E-state index contributed by atoms with van der Waals surface area (Å²) in [6.07, 6.45) is 1.13. The maximum absolute atomic E-state index is 13.0. The zero-order valence-electron chi connectivity index (χ0n) is 18.7. The first-order valence-electron chi connectivity index (χ1n) is 10.6. The summed E-state index contributed by atoms with van der Waals surface area (Å²) in [5.74, 6) is 0.625. The average molecular weight is 485 g/mol. The number of carbonyl (C=O) groups is 2. The summed E-state index contributed by atoms with van der Waals surface area (Å²) >= 11 is 0. The molecule has 0 aliphatic carbocycles. The van der Waals surface area contributed by atoms with Crippen LogP contribution in [0.15, 0.2) is 64.0 Å². The van der Waals surface area contributed by atoms with Crippen molar-refractivity contribution in [3.8, 4) is 17.1 Å². The van der Waals surface area contributed by atoms with E-state index in [1.165, 1.54) is 19.1 Å². The molecule has 1 aromatic heterocycles. The third kappa shape index (κ3) is 5.25. The Balaban J connectivity index is 1.55. The van der Waals surface area contributed by atoms with Gasteiger partial charge in [-0.1, -0.05) is 23.4 Å². The minimum Gasteiger partial charge on any atom is -0.484 e. The van der Waals surface area contributed by atoms with Crippen molar-refractivity contribution >= 4 is 21.7 Å². The summed E-state index contributed by atoms with van der Waals surface area (Å²) in [4.78, 5) is 32.8. The van der Waals surface area contributed by atoms with Crippen molar-refractivity contribution < 1.29 is 27.3 Å². The van der Waals surface area contributed by atoms with E-state index in [-0.39, 0.29) is 41.6 Å². The summed E-state index contributed by atoms with van der Waals surface area (Å²) < 4.78 is 34.5. The maximum Gasteiger partial charge on any atom is 0.261 e. The number of piperazine rings is 1. The molecule has 2 heterocycles. The normalized spacial score (nSPS) is 16.4. The topological polar surface area (TPSA) is 123 Å². The van der Waals surface area contributed by atoms with Crippen LogP contribution >= 0.6 is 0 Å². The number of hydrogen-bond acceptors (Lipinski definition) is 8. The first kappa shape index (κ1) is 23.4. The van der Waals surface area contributed by atoms with E-state index in [0.29, 0.717) is 24.4 Å². The molecule has 1 fully saturated rings. The number of hydrogen-bond donors (Lipinski definition) is 0. The summed E-state index contributed by atoms with van der Waals surface area (Å²) in [6, 6.07) is 14.5. The van der Waals surface area contributed by atoms with E-state index in [9.17, 15) is 18.0 Å². The second-order valence-corrected chi connectivity index (χ2v) is 9.94. The minimum atomic E-state index is -3.33. The first-order valence-corrected chi connectivity index (χ1v) is 12.5. The van der Waals surface area contributed by atoms with Crippen LogP contribution in [0, 0.1) is 0 Å². The molecule has 0 spiro atoms. The van der Waals surface area contributed by atoms with Gasteiger partial charge in [-0.2, -0.15) is 4.98 Å². The molecule has 0 radical (unpaired) electrons. The minimum absolute atomic E-state index is 0.117. The summed E-state index contributed by atoms with van der Waals surface area (Å²) in [5.41, 5.74) is 0.562. The van der Waals surface area contributed by atoms with E-state index in [4.69, 9.17) is 9.26 Å². The molecule has 178 valence electrons. The van der Waals surface area contributed by atoms with Gasteiger partial charge in [0.25, 0.3) is 11.8 Å². The fourth-order valence-corrected chi connectivity index (χ4v) is 4.29. The van der Waals surface area contributed by atoms with Gasteiger partial charge in [0.1, 0.15) is 11.8 Å². The number of nitrogens with zero attached hydrogens (tertiary/aromatic N) is 4. The van der Waals surface area contributed by atoms with Crippen LogP contribution in [0.3, 0.4) is 0 Å². The molecule has 1 aliphatic rings. The third-order valence-corrected chi connectivity index (χ3v) is 6.65. The summed E-state index contributed by atoms with van der Waals surface area (Å²) in [5, 5.41) is 4.00. The number of aromatic nitrogens is 2. The second-order valence-electron chi connectivity index (χ2n) is 7.92. The van der Waals surface area contributed by atoms with E-state index >= 15 is 0 Å². The molecule has 2 aromatic carbocycles. The van der Waals surface area contributed by atoms with E-state index in [1.807, 2.05) is 18.2 Å². The highest BCUT2D eigenvalue weighted by atomic mass is 32.2. The van der Waals surface area contributed by atoms with Gasteiger partial charge in [-0.3, -0.25) is 9.59 Å². The van der Waals surface area contributed by atoms with Gasteiger partial charge in [0.05, 0.1) is 11.4 Å². The van der Waals surface area contributed by atoms with E-state index in [2.05, 4.69) is 10.1 Å². The van der Waals surface area contributed by atoms with Crippen molar-refractivity contribution in [2.75, 3.05) is 32.5 Å². The van der Waals surface area contributed by atoms with E-state index in [0.717, 1.165) is 6.26 Å². The first-order chi connectivity index (χ1) is 16.2. The van der Waals surface area contributed by atoms with Crippen molar-refractivity contribution in [1.29, 1.82) is 0 Å². The number of amides is 2. The molecule has 10 nitrogen and oxygen atoms in total. The molecule has 1 unspecified atom stereocenters. The lowest BCUT2D eigenvalue weighted by molar-refractivity contribution is -0.144. The lowest BCUT2D eigenvalue weighted by Gasteiger charge is -2.39. The predicted octanol–water partition coefficient (Wildman–Crippen LogP) is 1.95. The SMILES string of the molecule is CC(=O)N1CCN(C(=O)COc2ccccc2)C(c2nc(-c3ccc(S(C)(=O)=O)cc3)no2)C1. The number of sulfone groups is 1. The fourth-order valence-electron chi connectivity index (χ4n) is 3.66. The highest BCUT2D eigenvalue weighted by Crippen LogP contribution is 2.27. The molecule has 1 saturated heterocycles. The van der Waals surface area contributed by atoms with Gasteiger partial charge in [0.2, 0.25) is 11.7 Å². The zero-order valence-corrected chi connectivity index (χ0v) is 19.6. The molecule has 0 bridgehead atoms. The quantitative estimate of drug-likeness (QED) is 0.520. The molecule has 2 amide bonds. The van der Waals surface area contributed by atoms with Gasteiger partial charge in [0.15, 0.2) is 16.4 Å². The standard InChI is InChI=1S/C23H24N4O6S/c1-16(28)26-12-13-27(21(29)15-32-18-6-4-3-5-7-18)20(14-26)23-24-22(25-33-23)17-8-10-19(11-9-17)34(2,30)31/h3-11,20H,12-15H2,1-2H3. The molecule has 0 N–H and O–H groups in total. The van der Waals surface area contributed by atoms with Crippen molar-refractivity contribution in [3.05, 3.63) is 60.5 Å². The Morgan fingerprint density at radius 1 is 1.09 bits per heavy atom. The highest BCUT2D eigenvalue weighted by molar-refractivity contribution is 7.90. The molecule has 1 atom stereocenters. The maximum atomic E-state index is 13.0. The lowest BCUT2D eigenvalue weighted by atomic mass is 10.1. The zero-order chi connectivity index (χ0) is 24.3. The third-order valence-electron chi connectivity index (χ3n) is 5.52. The van der Waals surface area contributed by atoms with Crippen LogP contribution in [0.4, 0.5) is 0 Å². The Morgan fingerprint density at radius 3 is 2.44 bits per heavy atom. The van der Waals surface area contributed by atoms with E-state index < -0.39 is 15.9 Å². The molecule has 3 aromatic rings. The van der Waals surface area contributed by atoms with Crippen molar-refractivity contribution in [2.45, 2.75) is 17.9 Å². The molecule has 34 heavy (non-hydrogen) atoms. The van der Waals surface area contributed by atoms with Crippen LogP contribution < -0.4 is 4.74 Å². The van der Waals surface area contributed by atoms with Gasteiger partial charge in [-0.05, 0) is 36.4 Å².